The molecule has 0 radical (unpaired) electrons. The Hall–Kier alpha value is -0.440. The van der Waals surface area contributed by atoms with Crippen LogP contribution in [0.15, 0.2) is 18.2 Å². The highest BCUT2D eigenvalue weighted by molar-refractivity contribution is 6.42. The number of hydrogen-bond donors (Lipinski definition) is 1. The third-order valence-electron chi connectivity index (χ3n) is 2.46. The Morgan fingerprint density at radius 2 is 2.06 bits per heavy atom. The predicted molar refractivity (Wildman–Crippen MR) is 74.3 cm³/mol. The maximum atomic E-state index is 6.08. The van der Waals surface area contributed by atoms with Gasteiger partial charge in [-0.25, -0.2) is 0 Å². The first-order chi connectivity index (χ1) is 8.19. The van der Waals surface area contributed by atoms with E-state index in [1.54, 1.807) is 6.07 Å². The van der Waals surface area contributed by atoms with Crippen molar-refractivity contribution in [2.45, 2.75) is 32.8 Å². The third-order valence-corrected chi connectivity index (χ3v) is 3.27. The summed E-state index contributed by atoms with van der Waals surface area (Å²) in [5, 5.41) is 4.36. The van der Waals surface area contributed by atoms with Crippen molar-refractivity contribution in [1.29, 1.82) is 0 Å². The smallest absolute Gasteiger partial charge is 0.139 e. The zero-order valence-electron chi connectivity index (χ0n) is 10.3. The Labute approximate surface area is 113 Å². The number of halogens is 2. The molecule has 0 aliphatic rings. The standard InChI is InChI=1S/C13H19Cl2NO/c1-3-8-16-9-10(4-2)17-12-7-5-6-11(14)13(12)15/h5-7,10,16H,3-4,8-9H2,1-2H3. The minimum atomic E-state index is 0.123. The van der Waals surface area contributed by atoms with Gasteiger partial charge >= 0.3 is 0 Å². The van der Waals surface area contributed by atoms with Crippen LogP contribution in [-0.4, -0.2) is 19.2 Å². The molecular formula is C13H19Cl2NO. The van der Waals surface area contributed by atoms with E-state index in [0.717, 1.165) is 25.9 Å². The van der Waals surface area contributed by atoms with E-state index in [4.69, 9.17) is 27.9 Å². The largest absolute Gasteiger partial charge is 0.487 e. The van der Waals surface area contributed by atoms with Crippen molar-refractivity contribution in [1.82, 2.24) is 5.32 Å². The average Bonchev–Trinajstić information content (AvgIpc) is 2.33. The summed E-state index contributed by atoms with van der Waals surface area (Å²) in [6.07, 6.45) is 2.17. The van der Waals surface area contributed by atoms with Crippen LogP contribution in [0.1, 0.15) is 26.7 Å². The Morgan fingerprint density at radius 1 is 1.29 bits per heavy atom. The van der Waals surface area contributed by atoms with Gasteiger partial charge in [0.1, 0.15) is 16.9 Å². The monoisotopic (exact) mass is 275 g/mol. The normalized spacial score (nSPS) is 12.5. The molecule has 0 amide bonds. The summed E-state index contributed by atoms with van der Waals surface area (Å²) in [5.41, 5.74) is 0. The molecule has 0 fully saturated rings. The van der Waals surface area contributed by atoms with Gasteiger partial charge in [-0.05, 0) is 31.5 Å². The molecule has 0 aromatic heterocycles. The van der Waals surface area contributed by atoms with Crippen LogP contribution in [0.2, 0.25) is 10.0 Å². The highest BCUT2D eigenvalue weighted by Gasteiger charge is 2.11. The van der Waals surface area contributed by atoms with E-state index in [9.17, 15) is 0 Å². The Bertz CT molecular complexity index is 344. The third kappa shape index (κ3) is 4.74. The highest BCUT2D eigenvalue weighted by Crippen LogP contribution is 2.32. The number of hydrogen-bond acceptors (Lipinski definition) is 2. The van der Waals surface area contributed by atoms with Crippen molar-refractivity contribution < 1.29 is 4.74 Å². The summed E-state index contributed by atoms with van der Waals surface area (Å²) in [6.45, 7) is 6.07. The summed E-state index contributed by atoms with van der Waals surface area (Å²) in [6, 6.07) is 5.44. The molecule has 0 aliphatic carbocycles. The molecule has 0 heterocycles. The zero-order chi connectivity index (χ0) is 12.7. The molecule has 1 atom stereocenters. The van der Waals surface area contributed by atoms with Gasteiger partial charge in [-0.1, -0.05) is 43.1 Å². The first-order valence-corrected chi connectivity index (χ1v) is 6.76. The molecule has 2 nitrogen and oxygen atoms in total. The van der Waals surface area contributed by atoms with Gasteiger partial charge in [0.2, 0.25) is 0 Å². The Morgan fingerprint density at radius 3 is 2.71 bits per heavy atom. The van der Waals surface area contributed by atoms with E-state index in [1.807, 2.05) is 12.1 Å². The number of nitrogens with one attached hydrogen (secondary N) is 1. The molecule has 0 bridgehead atoms. The second-order valence-corrected chi connectivity index (χ2v) is 4.69. The van der Waals surface area contributed by atoms with E-state index >= 15 is 0 Å². The van der Waals surface area contributed by atoms with E-state index in [2.05, 4.69) is 19.2 Å². The highest BCUT2D eigenvalue weighted by atomic mass is 35.5. The topological polar surface area (TPSA) is 21.3 Å². The number of rotatable bonds is 7. The SMILES string of the molecule is CCCNCC(CC)Oc1cccc(Cl)c1Cl. The fraction of sp³-hybridized carbons (Fsp3) is 0.538. The fourth-order valence-corrected chi connectivity index (χ4v) is 1.80. The summed E-state index contributed by atoms with van der Waals surface area (Å²) in [4.78, 5) is 0. The molecule has 96 valence electrons. The van der Waals surface area contributed by atoms with E-state index in [1.165, 1.54) is 0 Å². The molecule has 0 saturated carbocycles. The van der Waals surface area contributed by atoms with Gasteiger partial charge in [0, 0.05) is 6.54 Å². The Kier molecular flexibility index (Phi) is 6.71. The van der Waals surface area contributed by atoms with Crippen LogP contribution in [0.5, 0.6) is 5.75 Å². The molecule has 1 unspecified atom stereocenters. The fourth-order valence-electron chi connectivity index (χ4n) is 1.46. The van der Waals surface area contributed by atoms with Crippen LogP contribution in [0, 0.1) is 0 Å². The lowest BCUT2D eigenvalue weighted by atomic mass is 10.2. The molecule has 4 heteroatoms. The lowest BCUT2D eigenvalue weighted by Gasteiger charge is -2.19. The minimum absolute atomic E-state index is 0.123. The van der Waals surface area contributed by atoms with E-state index < -0.39 is 0 Å². The molecular weight excluding hydrogens is 257 g/mol. The van der Waals surface area contributed by atoms with Gasteiger partial charge < -0.3 is 10.1 Å². The van der Waals surface area contributed by atoms with Gasteiger partial charge in [-0.3, -0.25) is 0 Å². The molecule has 0 saturated heterocycles. The van der Waals surface area contributed by atoms with Crippen molar-refractivity contribution in [2.24, 2.45) is 0 Å². The van der Waals surface area contributed by atoms with Crippen molar-refractivity contribution in [3.05, 3.63) is 28.2 Å². The van der Waals surface area contributed by atoms with E-state index in [0.29, 0.717) is 15.8 Å². The molecule has 1 rings (SSSR count). The van der Waals surface area contributed by atoms with E-state index in [-0.39, 0.29) is 6.10 Å². The van der Waals surface area contributed by atoms with Gasteiger partial charge in [-0.15, -0.1) is 0 Å². The molecule has 17 heavy (non-hydrogen) atoms. The second kappa shape index (κ2) is 7.80. The maximum Gasteiger partial charge on any atom is 0.139 e. The zero-order valence-corrected chi connectivity index (χ0v) is 11.8. The maximum absolute atomic E-state index is 6.08. The summed E-state index contributed by atoms with van der Waals surface area (Å²) >= 11 is 12.0. The predicted octanol–water partition coefficient (Wildman–Crippen LogP) is 4.15. The van der Waals surface area contributed by atoms with Crippen LogP contribution in [0.3, 0.4) is 0 Å². The minimum Gasteiger partial charge on any atom is -0.487 e. The molecule has 1 aromatic carbocycles. The lowest BCUT2D eigenvalue weighted by Crippen LogP contribution is -2.31. The number of benzene rings is 1. The van der Waals surface area contributed by atoms with Gasteiger partial charge in [0.05, 0.1) is 5.02 Å². The van der Waals surface area contributed by atoms with Crippen LogP contribution in [-0.2, 0) is 0 Å². The Balaban J connectivity index is 2.57. The van der Waals surface area contributed by atoms with Gasteiger partial charge in [-0.2, -0.15) is 0 Å². The first-order valence-electron chi connectivity index (χ1n) is 6.00. The van der Waals surface area contributed by atoms with Crippen molar-refractivity contribution >= 4 is 23.2 Å². The van der Waals surface area contributed by atoms with Crippen LogP contribution in [0.25, 0.3) is 0 Å². The first kappa shape index (κ1) is 14.6. The average molecular weight is 276 g/mol. The number of ether oxygens (including phenoxy) is 1. The van der Waals surface area contributed by atoms with Gasteiger partial charge in [0.25, 0.3) is 0 Å². The summed E-state index contributed by atoms with van der Waals surface area (Å²) in [5.74, 6) is 0.657. The van der Waals surface area contributed by atoms with Crippen LogP contribution < -0.4 is 10.1 Å². The van der Waals surface area contributed by atoms with Crippen molar-refractivity contribution in [3.63, 3.8) is 0 Å². The van der Waals surface area contributed by atoms with Crippen molar-refractivity contribution in [2.75, 3.05) is 13.1 Å². The molecule has 1 aromatic rings. The summed E-state index contributed by atoms with van der Waals surface area (Å²) < 4.78 is 5.84. The summed E-state index contributed by atoms with van der Waals surface area (Å²) in [7, 11) is 0. The molecule has 1 N–H and O–H groups in total. The quantitative estimate of drug-likeness (QED) is 0.755. The molecule has 0 spiro atoms. The van der Waals surface area contributed by atoms with Crippen molar-refractivity contribution in [3.8, 4) is 5.75 Å². The van der Waals surface area contributed by atoms with Crippen LogP contribution in [0.4, 0.5) is 0 Å². The molecule has 0 aliphatic heterocycles. The lowest BCUT2D eigenvalue weighted by molar-refractivity contribution is 0.194. The second-order valence-electron chi connectivity index (χ2n) is 3.90. The van der Waals surface area contributed by atoms with Crippen LogP contribution >= 0.6 is 23.2 Å². The van der Waals surface area contributed by atoms with Gasteiger partial charge in [0.15, 0.2) is 0 Å².